The molecule has 0 unspecified atom stereocenters. The molecule has 0 aliphatic rings. The molecule has 0 atom stereocenters. The topological polar surface area (TPSA) is 32.9 Å². The number of rotatable bonds is 3. The van der Waals surface area contributed by atoms with E-state index in [0.717, 1.165) is 33.2 Å². The predicted octanol–water partition coefficient (Wildman–Crippen LogP) is 4.21. The Hall–Kier alpha value is -2.35. The van der Waals surface area contributed by atoms with Gasteiger partial charge in [0.25, 0.3) is 0 Å². The smallest absolute Gasteiger partial charge is 0.169 e. The van der Waals surface area contributed by atoms with E-state index in [0.29, 0.717) is 6.42 Å². The number of aromatic amines is 1. The number of fused-ring (bicyclic) bond motifs is 1. The Morgan fingerprint density at radius 1 is 1.00 bits per heavy atom. The van der Waals surface area contributed by atoms with Crippen molar-refractivity contribution in [1.82, 2.24) is 4.98 Å². The van der Waals surface area contributed by atoms with Crippen molar-refractivity contribution in [3.63, 3.8) is 0 Å². The lowest BCUT2D eigenvalue weighted by Gasteiger charge is -2.05. The molecule has 3 aromatic rings. The molecule has 0 aliphatic carbocycles. The Balaban J connectivity index is 2.00. The van der Waals surface area contributed by atoms with Gasteiger partial charge < -0.3 is 4.98 Å². The molecule has 2 heteroatoms. The summed E-state index contributed by atoms with van der Waals surface area (Å²) in [7, 11) is 0. The molecule has 2 aromatic carbocycles. The lowest BCUT2D eigenvalue weighted by Crippen LogP contribution is -2.04. The number of nitrogens with one attached hydrogen (secondary N) is 1. The molecule has 0 saturated carbocycles. The Kier molecular flexibility index (Phi) is 3.15. The third-order valence-electron chi connectivity index (χ3n) is 3.83. The molecule has 3 rings (SSSR count). The number of hydrogen-bond donors (Lipinski definition) is 1. The van der Waals surface area contributed by atoms with Crippen LogP contribution in [0.25, 0.3) is 10.9 Å². The number of hydrogen-bond acceptors (Lipinski definition) is 1. The quantitative estimate of drug-likeness (QED) is 0.705. The SMILES string of the molecule is Cc1ccccc1CC(=O)c1c[nH]c2cccc(C)c12. The van der Waals surface area contributed by atoms with E-state index in [-0.39, 0.29) is 5.78 Å². The van der Waals surface area contributed by atoms with Gasteiger partial charge in [0.2, 0.25) is 0 Å². The summed E-state index contributed by atoms with van der Waals surface area (Å²) >= 11 is 0. The molecule has 0 spiro atoms. The highest BCUT2D eigenvalue weighted by atomic mass is 16.1. The van der Waals surface area contributed by atoms with Crippen LogP contribution in [0.1, 0.15) is 27.0 Å². The van der Waals surface area contributed by atoms with Crippen LogP contribution in [0, 0.1) is 13.8 Å². The maximum absolute atomic E-state index is 12.6. The minimum atomic E-state index is 0.167. The Labute approximate surface area is 118 Å². The minimum Gasteiger partial charge on any atom is -0.360 e. The fourth-order valence-corrected chi connectivity index (χ4v) is 2.66. The van der Waals surface area contributed by atoms with Crippen molar-refractivity contribution in [2.24, 2.45) is 0 Å². The van der Waals surface area contributed by atoms with Crippen molar-refractivity contribution in [2.45, 2.75) is 20.3 Å². The Bertz CT molecular complexity index is 783. The first kappa shape index (κ1) is 12.7. The number of aryl methyl sites for hydroxylation is 2. The van der Waals surface area contributed by atoms with Crippen LogP contribution in [0.4, 0.5) is 0 Å². The molecule has 0 radical (unpaired) electrons. The van der Waals surface area contributed by atoms with E-state index in [1.807, 2.05) is 62.5 Å². The van der Waals surface area contributed by atoms with Crippen molar-refractivity contribution >= 4 is 16.7 Å². The first-order valence-corrected chi connectivity index (χ1v) is 6.81. The number of carbonyl (C=O) groups is 1. The van der Waals surface area contributed by atoms with E-state index in [2.05, 4.69) is 4.98 Å². The van der Waals surface area contributed by atoms with Gasteiger partial charge in [-0.3, -0.25) is 4.79 Å². The standard InChI is InChI=1S/C18H17NO/c1-12-6-3-4-8-14(12)10-17(20)15-11-19-16-9-5-7-13(2)18(15)16/h3-9,11,19H,10H2,1-2H3. The molecular weight excluding hydrogens is 246 g/mol. The van der Waals surface area contributed by atoms with E-state index in [4.69, 9.17) is 0 Å². The second-order valence-corrected chi connectivity index (χ2v) is 5.23. The molecule has 1 N–H and O–H groups in total. The van der Waals surface area contributed by atoms with Crippen LogP contribution in [0.2, 0.25) is 0 Å². The third kappa shape index (κ3) is 2.14. The van der Waals surface area contributed by atoms with Crippen LogP contribution < -0.4 is 0 Å². The summed E-state index contributed by atoms with van der Waals surface area (Å²) in [6.07, 6.45) is 2.28. The average molecular weight is 263 g/mol. The second-order valence-electron chi connectivity index (χ2n) is 5.23. The zero-order valence-corrected chi connectivity index (χ0v) is 11.7. The maximum atomic E-state index is 12.6. The minimum absolute atomic E-state index is 0.167. The van der Waals surface area contributed by atoms with Gasteiger partial charge in [-0.15, -0.1) is 0 Å². The van der Waals surface area contributed by atoms with Gasteiger partial charge in [0, 0.05) is 29.1 Å². The van der Waals surface area contributed by atoms with Crippen molar-refractivity contribution in [2.75, 3.05) is 0 Å². The normalized spacial score (nSPS) is 10.9. The first-order valence-electron chi connectivity index (χ1n) is 6.81. The fraction of sp³-hybridized carbons (Fsp3) is 0.167. The summed E-state index contributed by atoms with van der Waals surface area (Å²) in [6.45, 7) is 4.09. The lowest BCUT2D eigenvalue weighted by molar-refractivity contribution is 0.0994. The number of aromatic nitrogens is 1. The maximum Gasteiger partial charge on any atom is 0.169 e. The molecule has 0 saturated heterocycles. The zero-order valence-electron chi connectivity index (χ0n) is 11.7. The Morgan fingerprint density at radius 3 is 2.55 bits per heavy atom. The van der Waals surface area contributed by atoms with E-state index in [1.165, 1.54) is 0 Å². The molecule has 0 bridgehead atoms. The van der Waals surface area contributed by atoms with Crippen molar-refractivity contribution in [1.29, 1.82) is 0 Å². The number of benzene rings is 2. The highest BCUT2D eigenvalue weighted by Crippen LogP contribution is 2.23. The molecule has 0 fully saturated rings. The van der Waals surface area contributed by atoms with Crippen LogP contribution in [-0.2, 0) is 6.42 Å². The van der Waals surface area contributed by atoms with Gasteiger partial charge in [0.1, 0.15) is 0 Å². The van der Waals surface area contributed by atoms with Gasteiger partial charge in [0.15, 0.2) is 5.78 Å². The third-order valence-corrected chi connectivity index (χ3v) is 3.83. The summed E-state index contributed by atoms with van der Waals surface area (Å²) in [5, 5.41) is 1.05. The number of H-pyrrole nitrogens is 1. The van der Waals surface area contributed by atoms with Gasteiger partial charge in [-0.25, -0.2) is 0 Å². The van der Waals surface area contributed by atoms with Gasteiger partial charge in [0.05, 0.1) is 0 Å². The summed E-state index contributed by atoms with van der Waals surface area (Å²) < 4.78 is 0. The highest BCUT2D eigenvalue weighted by molar-refractivity contribution is 6.09. The molecular formula is C18H17NO. The molecule has 20 heavy (non-hydrogen) atoms. The molecule has 100 valence electrons. The second kappa shape index (κ2) is 4.97. The van der Waals surface area contributed by atoms with E-state index >= 15 is 0 Å². The van der Waals surface area contributed by atoms with Crippen LogP contribution in [0.15, 0.2) is 48.7 Å². The summed E-state index contributed by atoms with van der Waals surface area (Å²) in [4.78, 5) is 15.8. The van der Waals surface area contributed by atoms with Crippen LogP contribution in [0.5, 0.6) is 0 Å². The highest BCUT2D eigenvalue weighted by Gasteiger charge is 2.14. The number of ketones is 1. The van der Waals surface area contributed by atoms with Crippen molar-refractivity contribution < 1.29 is 4.79 Å². The summed E-state index contributed by atoms with van der Waals surface area (Å²) in [5.41, 5.74) is 5.22. The zero-order chi connectivity index (χ0) is 14.1. The monoisotopic (exact) mass is 263 g/mol. The average Bonchev–Trinajstić information content (AvgIpc) is 2.87. The van der Waals surface area contributed by atoms with Gasteiger partial charge in [-0.2, -0.15) is 0 Å². The van der Waals surface area contributed by atoms with Crippen LogP contribution in [-0.4, -0.2) is 10.8 Å². The molecule has 1 heterocycles. The summed E-state index contributed by atoms with van der Waals surface area (Å²) in [5.74, 6) is 0.167. The molecule has 1 aromatic heterocycles. The largest absolute Gasteiger partial charge is 0.360 e. The molecule has 0 amide bonds. The Morgan fingerprint density at radius 2 is 1.75 bits per heavy atom. The lowest BCUT2D eigenvalue weighted by atomic mass is 9.98. The molecule has 0 aliphatic heterocycles. The fourth-order valence-electron chi connectivity index (χ4n) is 2.66. The molecule has 2 nitrogen and oxygen atoms in total. The van der Waals surface area contributed by atoms with Crippen LogP contribution >= 0.6 is 0 Å². The van der Waals surface area contributed by atoms with Gasteiger partial charge >= 0.3 is 0 Å². The van der Waals surface area contributed by atoms with Crippen molar-refractivity contribution in [3.8, 4) is 0 Å². The summed E-state index contributed by atoms with van der Waals surface area (Å²) in [6, 6.07) is 14.1. The number of Topliss-reactive ketones (excluding diaryl/α,β-unsaturated/α-hetero) is 1. The van der Waals surface area contributed by atoms with Gasteiger partial charge in [-0.1, -0.05) is 36.4 Å². The van der Waals surface area contributed by atoms with Crippen LogP contribution in [0.3, 0.4) is 0 Å². The van der Waals surface area contributed by atoms with E-state index in [1.54, 1.807) is 0 Å². The first-order chi connectivity index (χ1) is 9.66. The number of carbonyl (C=O) groups excluding carboxylic acids is 1. The predicted molar refractivity (Wildman–Crippen MR) is 82.2 cm³/mol. The van der Waals surface area contributed by atoms with Crippen molar-refractivity contribution in [3.05, 3.63) is 70.9 Å². The van der Waals surface area contributed by atoms with E-state index < -0.39 is 0 Å². The van der Waals surface area contributed by atoms with E-state index in [9.17, 15) is 4.79 Å². The van der Waals surface area contributed by atoms with Gasteiger partial charge in [-0.05, 0) is 36.6 Å².